The predicted octanol–water partition coefficient (Wildman–Crippen LogP) is 4.11. The average molecular weight is 388 g/mol. The second-order valence-electron chi connectivity index (χ2n) is 6.75. The molecule has 0 saturated heterocycles. The van der Waals surface area contributed by atoms with Crippen LogP contribution in [-0.2, 0) is 17.8 Å². The van der Waals surface area contributed by atoms with E-state index in [1.807, 2.05) is 55.5 Å². The molecule has 2 amide bonds. The van der Waals surface area contributed by atoms with Crippen molar-refractivity contribution in [3.05, 3.63) is 95.1 Å². The average Bonchev–Trinajstić information content (AvgIpc) is 2.74. The first-order valence-corrected chi connectivity index (χ1v) is 9.41. The molecule has 3 rings (SSSR count). The highest BCUT2D eigenvalue weighted by Crippen LogP contribution is 2.20. The van der Waals surface area contributed by atoms with Gasteiger partial charge >= 0.3 is 0 Å². The number of carbonyl (C=O) groups excluding carboxylic acids is 2. The van der Waals surface area contributed by atoms with E-state index in [1.165, 1.54) is 5.56 Å². The number of nitrogens with one attached hydrogen (secondary N) is 2. The van der Waals surface area contributed by atoms with E-state index >= 15 is 0 Å². The maximum atomic E-state index is 12.7. The number of benzene rings is 3. The summed E-state index contributed by atoms with van der Waals surface area (Å²) in [6, 6.07) is 22.3. The van der Waals surface area contributed by atoms with E-state index < -0.39 is 0 Å². The summed E-state index contributed by atoms with van der Waals surface area (Å²) in [7, 11) is 1.57. The van der Waals surface area contributed by atoms with Crippen molar-refractivity contribution in [2.24, 2.45) is 0 Å². The summed E-state index contributed by atoms with van der Waals surface area (Å²) in [5, 5.41) is 5.75. The van der Waals surface area contributed by atoms with Gasteiger partial charge in [-0.05, 0) is 30.7 Å². The molecule has 0 atom stereocenters. The van der Waals surface area contributed by atoms with Crippen LogP contribution in [0.1, 0.15) is 27.0 Å². The van der Waals surface area contributed by atoms with E-state index in [9.17, 15) is 9.59 Å². The molecule has 0 fully saturated rings. The lowest BCUT2D eigenvalue weighted by Gasteiger charge is -2.13. The number of anilines is 1. The van der Waals surface area contributed by atoms with Crippen molar-refractivity contribution in [1.29, 1.82) is 0 Å². The number of aryl methyl sites for hydroxylation is 1. The molecule has 0 spiro atoms. The van der Waals surface area contributed by atoms with Crippen LogP contribution >= 0.6 is 0 Å². The molecule has 5 nitrogen and oxygen atoms in total. The second-order valence-corrected chi connectivity index (χ2v) is 6.75. The summed E-state index contributed by atoms with van der Waals surface area (Å²) in [5.74, 6) is 0.207. The Labute approximate surface area is 170 Å². The van der Waals surface area contributed by atoms with Gasteiger partial charge in [-0.25, -0.2) is 0 Å². The predicted molar refractivity (Wildman–Crippen MR) is 114 cm³/mol. The molecule has 0 heterocycles. The third-order valence-electron chi connectivity index (χ3n) is 4.56. The maximum Gasteiger partial charge on any atom is 0.253 e. The van der Waals surface area contributed by atoms with Gasteiger partial charge in [-0.15, -0.1) is 0 Å². The zero-order valence-corrected chi connectivity index (χ0v) is 16.6. The Morgan fingerprint density at radius 1 is 0.897 bits per heavy atom. The maximum absolute atomic E-state index is 12.7. The molecule has 0 aromatic heterocycles. The molecule has 0 aliphatic rings. The van der Waals surface area contributed by atoms with Crippen molar-refractivity contribution in [1.82, 2.24) is 5.32 Å². The smallest absolute Gasteiger partial charge is 0.253 e. The molecule has 0 unspecified atom stereocenters. The summed E-state index contributed by atoms with van der Waals surface area (Å²) < 4.78 is 5.30. The first-order chi connectivity index (χ1) is 14.1. The summed E-state index contributed by atoms with van der Waals surface area (Å²) in [4.78, 5) is 25.2. The summed E-state index contributed by atoms with van der Waals surface area (Å²) >= 11 is 0. The van der Waals surface area contributed by atoms with Crippen LogP contribution in [0.2, 0.25) is 0 Å². The van der Waals surface area contributed by atoms with Crippen LogP contribution in [0.25, 0.3) is 0 Å². The number of carbonyl (C=O) groups is 2. The molecule has 3 aromatic carbocycles. The van der Waals surface area contributed by atoms with Crippen molar-refractivity contribution in [2.75, 3.05) is 12.4 Å². The summed E-state index contributed by atoms with van der Waals surface area (Å²) in [6.45, 7) is 2.44. The highest BCUT2D eigenvalue weighted by molar-refractivity contribution is 6.04. The summed E-state index contributed by atoms with van der Waals surface area (Å²) in [6.07, 6.45) is 0.156. The van der Waals surface area contributed by atoms with E-state index in [4.69, 9.17) is 4.74 Å². The number of rotatable bonds is 7. The first kappa shape index (κ1) is 20.1. The van der Waals surface area contributed by atoms with Gasteiger partial charge < -0.3 is 15.4 Å². The van der Waals surface area contributed by atoms with Crippen molar-refractivity contribution in [3.8, 4) is 5.75 Å². The first-order valence-electron chi connectivity index (χ1n) is 9.41. The molecule has 0 aliphatic heterocycles. The third-order valence-corrected chi connectivity index (χ3v) is 4.56. The monoisotopic (exact) mass is 388 g/mol. The lowest BCUT2D eigenvalue weighted by molar-refractivity contribution is -0.115. The largest absolute Gasteiger partial charge is 0.496 e. The standard InChI is InChI=1S/C24H24N2O3/c1-17-11-13-18(14-12-17)16-25-24(28)20-8-4-5-9-21(20)26-23(27)15-19-7-3-6-10-22(19)29-2/h3-14H,15-16H2,1-2H3,(H,25,28)(H,26,27). The normalized spacial score (nSPS) is 10.3. The fourth-order valence-corrected chi connectivity index (χ4v) is 2.99. The lowest BCUT2D eigenvalue weighted by atomic mass is 10.1. The Balaban J connectivity index is 1.67. The molecule has 0 saturated carbocycles. The molecule has 0 aliphatic carbocycles. The van der Waals surface area contributed by atoms with Gasteiger partial charge in [-0.2, -0.15) is 0 Å². The topological polar surface area (TPSA) is 67.4 Å². The van der Waals surface area contributed by atoms with Crippen molar-refractivity contribution < 1.29 is 14.3 Å². The fraction of sp³-hybridized carbons (Fsp3) is 0.167. The molecule has 5 heteroatoms. The van der Waals surface area contributed by atoms with Crippen LogP contribution in [0, 0.1) is 6.92 Å². The van der Waals surface area contributed by atoms with E-state index in [-0.39, 0.29) is 18.2 Å². The molecule has 29 heavy (non-hydrogen) atoms. The second kappa shape index (κ2) is 9.55. The number of methoxy groups -OCH3 is 1. The van der Waals surface area contributed by atoms with E-state index in [0.29, 0.717) is 23.5 Å². The molecular formula is C24H24N2O3. The van der Waals surface area contributed by atoms with Crippen LogP contribution in [0.4, 0.5) is 5.69 Å². The van der Waals surface area contributed by atoms with E-state index in [1.54, 1.807) is 31.4 Å². The minimum atomic E-state index is -0.237. The van der Waals surface area contributed by atoms with Gasteiger partial charge in [0.15, 0.2) is 0 Å². The van der Waals surface area contributed by atoms with Gasteiger partial charge in [-0.1, -0.05) is 60.2 Å². The number of amides is 2. The minimum absolute atomic E-state index is 0.156. The molecule has 0 bridgehead atoms. The van der Waals surface area contributed by atoms with Crippen LogP contribution < -0.4 is 15.4 Å². The molecule has 0 radical (unpaired) electrons. The Morgan fingerprint density at radius 3 is 2.34 bits per heavy atom. The van der Waals surface area contributed by atoms with Crippen molar-refractivity contribution >= 4 is 17.5 Å². The zero-order chi connectivity index (χ0) is 20.6. The Morgan fingerprint density at radius 2 is 1.59 bits per heavy atom. The zero-order valence-electron chi connectivity index (χ0n) is 16.6. The highest BCUT2D eigenvalue weighted by Gasteiger charge is 2.14. The number of para-hydroxylation sites is 2. The molecule has 148 valence electrons. The van der Waals surface area contributed by atoms with Gasteiger partial charge in [0.2, 0.25) is 5.91 Å². The quantitative estimate of drug-likeness (QED) is 0.640. The molecule has 2 N–H and O–H groups in total. The van der Waals surface area contributed by atoms with E-state index in [0.717, 1.165) is 11.1 Å². The van der Waals surface area contributed by atoms with Gasteiger partial charge in [0, 0.05) is 12.1 Å². The minimum Gasteiger partial charge on any atom is -0.496 e. The Kier molecular flexibility index (Phi) is 6.63. The van der Waals surface area contributed by atoms with Gasteiger partial charge in [0.25, 0.3) is 5.91 Å². The Hall–Kier alpha value is -3.60. The number of hydrogen-bond donors (Lipinski definition) is 2. The number of hydrogen-bond acceptors (Lipinski definition) is 3. The molecular weight excluding hydrogens is 364 g/mol. The van der Waals surface area contributed by atoms with Gasteiger partial charge in [-0.3, -0.25) is 9.59 Å². The van der Waals surface area contributed by atoms with Gasteiger partial charge in [0.1, 0.15) is 5.75 Å². The van der Waals surface area contributed by atoms with Gasteiger partial charge in [0.05, 0.1) is 24.8 Å². The lowest BCUT2D eigenvalue weighted by Crippen LogP contribution is -2.25. The van der Waals surface area contributed by atoms with Crippen LogP contribution in [0.15, 0.2) is 72.8 Å². The number of ether oxygens (including phenoxy) is 1. The fourth-order valence-electron chi connectivity index (χ4n) is 2.99. The SMILES string of the molecule is COc1ccccc1CC(=O)Nc1ccccc1C(=O)NCc1ccc(C)cc1. The van der Waals surface area contributed by atoms with Crippen LogP contribution in [-0.4, -0.2) is 18.9 Å². The van der Waals surface area contributed by atoms with Crippen LogP contribution in [0.5, 0.6) is 5.75 Å². The van der Waals surface area contributed by atoms with E-state index in [2.05, 4.69) is 10.6 Å². The van der Waals surface area contributed by atoms with Crippen molar-refractivity contribution in [2.45, 2.75) is 19.9 Å². The van der Waals surface area contributed by atoms with Crippen molar-refractivity contribution in [3.63, 3.8) is 0 Å². The van der Waals surface area contributed by atoms with Crippen LogP contribution in [0.3, 0.4) is 0 Å². The molecule has 3 aromatic rings. The third kappa shape index (κ3) is 5.45. The Bertz CT molecular complexity index is 997. The highest BCUT2D eigenvalue weighted by atomic mass is 16.5. The summed E-state index contributed by atoms with van der Waals surface area (Å²) in [5.41, 5.74) is 3.88.